The number of hydrogen-bond acceptors (Lipinski definition) is 5. The van der Waals surface area contributed by atoms with Crippen molar-refractivity contribution < 1.29 is 8.42 Å². The van der Waals surface area contributed by atoms with Gasteiger partial charge < -0.3 is 0 Å². The van der Waals surface area contributed by atoms with Crippen LogP contribution in [0.1, 0.15) is 16.9 Å². The number of nitrogens with zero attached hydrogens (tertiary/aromatic N) is 2. The molecule has 0 fully saturated rings. The molecule has 0 N–H and O–H groups in total. The van der Waals surface area contributed by atoms with E-state index < -0.39 is 9.05 Å². The molecule has 1 rings (SSSR count). The average Bonchev–Trinajstić information content (AvgIpc) is 2.32. The fraction of sp³-hybridized carbons (Fsp3) is 0.600. The van der Waals surface area contributed by atoms with Crippen molar-refractivity contribution in [1.82, 2.24) is 10.2 Å². The van der Waals surface area contributed by atoms with E-state index in [4.69, 9.17) is 10.7 Å². The van der Waals surface area contributed by atoms with Gasteiger partial charge in [0, 0.05) is 10.7 Å². The summed E-state index contributed by atoms with van der Waals surface area (Å²) in [6, 6.07) is 0. The fourth-order valence-corrected chi connectivity index (χ4v) is 2.77. The standard InChI is InChI=1S/C5H7ClN2O2S2/c1-2-4-7-8-5(11-4)3-12(6,9)10/h2-3H2,1H3. The fourth-order valence-electron chi connectivity index (χ4n) is 0.637. The number of hydrogen-bond donors (Lipinski definition) is 0. The molecule has 1 heterocycles. The van der Waals surface area contributed by atoms with E-state index in [1.807, 2.05) is 6.92 Å². The van der Waals surface area contributed by atoms with Crippen LogP contribution in [0.2, 0.25) is 0 Å². The molecule has 0 unspecified atom stereocenters. The first-order valence-corrected chi connectivity index (χ1v) is 6.54. The summed E-state index contributed by atoms with van der Waals surface area (Å²) >= 11 is 1.27. The van der Waals surface area contributed by atoms with E-state index in [0.717, 1.165) is 11.4 Å². The Bertz CT molecular complexity index is 359. The molecular formula is C5H7ClN2O2S2. The van der Waals surface area contributed by atoms with Gasteiger partial charge in [0.1, 0.15) is 15.8 Å². The number of aromatic nitrogens is 2. The first kappa shape index (κ1) is 9.88. The van der Waals surface area contributed by atoms with E-state index in [1.165, 1.54) is 11.3 Å². The molecule has 12 heavy (non-hydrogen) atoms. The van der Waals surface area contributed by atoms with Gasteiger partial charge in [0.05, 0.1) is 0 Å². The van der Waals surface area contributed by atoms with Crippen LogP contribution in [0.25, 0.3) is 0 Å². The molecule has 0 radical (unpaired) electrons. The highest BCUT2D eigenvalue weighted by atomic mass is 35.7. The zero-order chi connectivity index (χ0) is 9.19. The van der Waals surface area contributed by atoms with Gasteiger partial charge in [0.2, 0.25) is 9.05 Å². The molecule has 1 aromatic rings. The van der Waals surface area contributed by atoms with Crippen LogP contribution in [-0.2, 0) is 21.2 Å². The van der Waals surface area contributed by atoms with Crippen molar-refractivity contribution in [3.63, 3.8) is 0 Å². The lowest BCUT2D eigenvalue weighted by atomic mass is 10.5. The maximum absolute atomic E-state index is 10.6. The van der Waals surface area contributed by atoms with Gasteiger partial charge in [0.15, 0.2) is 0 Å². The van der Waals surface area contributed by atoms with Gasteiger partial charge in [-0.15, -0.1) is 21.5 Å². The average molecular weight is 227 g/mol. The summed E-state index contributed by atoms with van der Waals surface area (Å²) in [5.74, 6) is -0.230. The largest absolute Gasteiger partial charge is 0.239 e. The third kappa shape index (κ3) is 3.04. The highest BCUT2D eigenvalue weighted by Gasteiger charge is 2.11. The van der Waals surface area contributed by atoms with Crippen molar-refractivity contribution in [3.05, 3.63) is 10.0 Å². The van der Waals surface area contributed by atoms with Crippen LogP contribution in [0.3, 0.4) is 0 Å². The maximum atomic E-state index is 10.6. The normalized spacial score (nSPS) is 11.8. The summed E-state index contributed by atoms with van der Waals surface area (Å²) in [7, 11) is 1.54. The van der Waals surface area contributed by atoms with Gasteiger partial charge in [0.25, 0.3) is 0 Å². The van der Waals surface area contributed by atoms with Crippen LogP contribution in [0, 0.1) is 0 Å². The van der Waals surface area contributed by atoms with Crippen molar-refractivity contribution in [1.29, 1.82) is 0 Å². The molecule has 68 valence electrons. The van der Waals surface area contributed by atoms with E-state index in [9.17, 15) is 8.42 Å². The van der Waals surface area contributed by atoms with Crippen LogP contribution >= 0.6 is 22.0 Å². The molecule has 0 aliphatic carbocycles. The molecule has 0 aromatic carbocycles. The lowest BCUT2D eigenvalue weighted by Crippen LogP contribution is -1.93. The third-order valence-electron chi connectivity index (χ3n) is 1.11. The highest BCUT2D eigenvalue weighted by Crippen LogP contribution is 2.14. The Balaban J connectivity index is 2.78. The zero-order valence-corrected chi connectivity index (χ0v) is 8.71. The SMILES string of the molecule is CCc1nnc(CS(=O)(=O)Cl)s1. The van der Waals surface area contributed by atoms with Gasteiger partial charge in [-0.25, -0.2) is 8.42 Å². The summed E-state index contributed by atoms with van der Waals surface area (Å²) < 4.78 is 21.2. The lowest BCUT2D eigenvalue weighted by molar-refractivity contribution is 0.608. The molecule has 0 saturated heterocycles. The summed E-state index contributed by atoms with van der Waals surface area (Å²) in [5.41, 5.74) is 0. The molecular weight excluding hydrogens is 220 g/mol. The first-order valence-electron chi connectivity index (χ1n) is 3.25. The Morgan fingerprint density at radius 1 is 1.42 bits per heavy atom. The minimum atomic E-state index is -3.49. The number of aryl methyl sites for hydroxylation is 1. The van der Waals surface area contributed by atoms with Crippen LogP contribution < -0.4 is 0 Å². The predicted molar refractivity (Wildman–Crippen MR) is 47.8 cm³/mol. The van der Waals surface area contributed by atoms with Crippen molar-refractivity contribution in [2.24, 2.45) is 0 Å². The molecule has 0 amide bonds. The summed E-state index contributed by atoms with van der Waals surface area (Å²) in [6.45, 7) is 1.93. The first-order chi connectivity index (χ1) is 5.51. The second-order valence-corrected chi connectivity index (χ2v) is 6.05. The van der Waals surface area contributed by atoms with Crippen LogP contribution in [0.5, 0.6) is 0 Å². The van der Waals surface area contributed by atoms with Crippen molar-refractivity contribution in [3.8, 4) is 0 Å². The Hall–Kier alpha value is -0.200. The quantitative estimate of drug-likeness (QED) is 0.726. The van der Waals surface area contributed by atoms with Crippen molar-refractivity contribution in [2.45, 2.75) is 19.1 Å². The molecule has 0 atom stereocenters. The monoisotopic (exact) mass is 226 g/mol. The Morgan fingerprint density at radius 2 is 2.00 bits per heavy atom. The maximum Gasteiger partial charge on any atom is 0.239 e. The number of halogens is 1. The van der Waals surface area contributed by atoms with E-state index in [0.29, 0.717) is 5.01 Å². The molecule has 0 saturated carbocycles. The van der Waals surface area contributed by atoms with Crippen molar-refractivity contribution in [2.75, 3.05) is 0 Å². The van der Waals surface area contributed by atoms with E-state index in [2.05, 4.69) is 10.2 Å². The Labute approximate surface area is 79.0 Å². The van der Waals surface area contributed by atoms with E-state index in [-0.39, 0.29) is 5.75 Å². The third-order valence-corrected chi connectivity index (χ3v) is 3.30. The van der Waals surface area contributed by atoms with Gasteiger partial charge >= 0.3 is 0 Å². The molecule has 1 aromatic heterocycles. The molecule has 0 bridgehead atoms. The summed E-state index contributed by atoms with van der Waals surface area (Å²) in [6.07, 6.45) is 0.764. The van der Waals surface area contributed by atoms with Crippen LogP contribution in [0.15, 0.2) is 0 Å². The molecule has 0 spiro atoms. The van der Waals surface area contributed by atoms with Crippen LogP contribution in [0.4, 0.5) is 0 Å². The minimum Gasteiger partial charge on any atom is -0.212 e. The smallest absolute Gasteiger partial charge is 0.212 e. The highest BCUT2D eigenvalue weighted by molar-refractivity contribution is 8.13. The lowest BCUT2D eigenvalue weighted by Gasteiger charge is -1.86. The predicted octanol–water partition coefficient (Wildman–Crippen LogP) is 1.17. The second-order valence-electron chi connectivity index (χ2n) is 2.13. The zero-order valence-electron chi connectivity index (χ0n) is 6.32. The minimum absolute atomic E-state index is 0.230. The molecule has 0 aliphatic heterocycles. The topological polar surface area (TPSA) is 59.9 Å². The van der Waals surface area contributed by atoms with Gasteiger partial charge in [-0.2, -0.15) is 0 Å². The van der Waals surface area contributed by atoms with Crippen LogP contribution in [-0.4, -0.2) is 18.6 Å². The van der Waals surface area contributed by atoms with Gasteiger partial charge in [-0.3, -0.25) is 0 Å². The van der Waals surface area contributed by atoms with Crippen molar-refractivity contribution >= 4 is 31.1 Å². The Morgan fingerprint density at radius 3 is 2.42 bits per heavy atom. The molecule has 0 aliphatic rings. The Kier molecular flexibility index (Phi) is 3.03. The molecule has 7 heteroatoms. The number of rotatable bonds is 3. The van der Waals surface area contributed by atoms with E-state index >= 15 is 0 Å². The summed E-state index contributed by atoms with van der Waals surface area (Å²) in [5, 5.41) is 8.71. The molecule has 4 nitrogen and oxygen atoms in total. The van der Waals surface area contributed by atoms with Gasteiger partial charge in [-0.05, 0) is 6.42 Å². The van der Waals surface area contributed by atoms with Gasteiger partial charge in [-0.1, -0.05) is 6.92 Å². The summed E-state index contributed by atoms with van der Waals surface area (Å²) in [4.78, 5) is 0. The van der Waals surface area contributed by atoms with E-state index in [1.54, 1.807) is 0 Å². The second kappa shape index (κ2) is 3.68.